The van der Waals surface area contributed by atoms with Crippen LogP contribution in [0.25, 0.3) is 0 Å². The van der Waals surface area contributed by atoms with E-state index in [2.05, 4.69) is 31.8 Å². The van der Waals surface area contributed by atoms with Crippen LogP contribution in [0.5, 0.6) is 0 Å². The Morgan fingerprint density at radius 2 is 1.70 bits per heavy atom. The Kier molecular flexibility index (Phi) is 5.83. The van der Waals surface area contributed by atoms with Crippen molar-refractivity contribution in [1.82, 2.24) is 14.8 Å². The highest BCUT2D eigenvalue weighted by Crippen LogP contribution is 2.14. The Balaban J connectivity index is 1.41. The average molecular weight is 320 g/mol. The van der Waals surface area contributed by atoms with Gasteiger partial charge in [0.15, 0.2) is 0 Å². The van der Waals surface area contributed by atoms with Gasteiger partial charge in [-0.3, -0.25) is 9.80 Å². The highest BCUT2D eigenvalue weighted by Gasteiger charge is 2.21. The lowest BCUT2D eigenvalue weighted by molar-refractivity contribution is 0.00655. The van der Waals surface area contributed by atoms with Gasteiger partial charge in [0, 0.05) is 58.1 Å². The number of anilines is 1. The van der Waals surface area contributed by atoms with Crippen molar-refractivity contribution in [1.29, 1.82) is 0 Å². The van der Waals surface area contributed by atoms with Gasteiger partial charge in [0.25, 0.3) is 0 Å². The fraction of sp³-hybridized carbons (Fsp3) is 0.706. The molecular formula is C17H28N4O2. The first-order chi connectivity index (χ1) is 11.2. The van der Waals surface area contributed by atoms with Gasteiger partial charge < -0.3 is 14.7 Å². The summed E-state index contributed by atoms with van der Waals surface area (Å²) in [6.07, 6.45) is -0.281. The van der Waals surface area contributed by atoms with Crippen LogP contribution in [0.15, 0.2) is 18.2 Å². The third-order valence-electron chi connectivity index (χ3n) is 4.61. The Bertz CT molecular complexity index is 485. The van der Waals surface area contributed by atoms with Gasteiger partial charge in [-0.15, -0.1) is 0 Å². The van der Waals surface area contributed by atoms with Crippen LogP contribution in [0.2, 0.25) is 0 Å². The fourth-order valence-corrected chi connectivity index (χ4v) is 3.30. The number of pyridine rings is 1. The molecule has 3 rings (SSSR count). The molecule has 0 bridgehead atoms. The van der Waals surface area contributed by atoms with Crippen LogP contribution < -0.4 is 4.90 Å². The maximum Gasteiger partial charge on any atom is 0.128 e. The van der Waals surface area contributed by atoms with Crippen molar-refractivity contribution in [3.63, 3.8) is 0 Å². The zero-order valence-electron chi connectivity index (χ0n) is 14.0. The highest BCUT2D eigenvalue weighted by molar-refractivity contribution is 5.39. The van der Waals surface area contributed by atoms with E-state index in [0.717, 1.165) is 77.1 Å². The summed E-state index contributed by atoms with van der Waals surface area (Å²) >= 11 is 0. The third kappa shape index (κ3) is 4.88. The molecule has 1 unspecified atom stereocenters. The summed E-state index contributed by atoms with van der Waals surface area (Å²) in [4.78, 5) is 11.6. The number of aliphatic hydroxyl groups excluding tert-OH is 1. The van der Waals surface area contributed by atoms with Crippen molar-refractivity contribution in [2.75, 3.05) is 70.5 Å². The third-order valence-corrected chi connectivity index (χ3v) is 4.61. The van der Waals surface area contributed by atoms with Crippen LogP contribution in [0.4, 0.5) is 5.82 Å². The molecule has 6 heteroatoms. The molecule has 128 valence electrons. The molecule has 3 heterocycles. The summed E-state index contributed by atoms with van der Waals surface area (Å²) in [5, 5.41) is 10.3. The second-order valence-corrected chi connectivity index (χ2v) is 6.49. The quantitative estimate of drug-likeness (QED) is 0.837. The number of hydrogen-bond acceptors (Lipinski definition) is 6. The van der Waals surface area contributed by atoms with E-state index in [0.29, 0.717) is 0 Å². The van der Waals surface area contributed by atoms with Gasteiger partial charge in [-0.2, -0.15) is 0 Å². The molecule has 6 nitrogen and oxygen atoms in total. The molecular weight excluding hydrogens is 292 g/mol. The zero-order chi connectivity index (χ0) is 16.1. The van der Waals surface area contributed by atoms with Gasteiger partial charge in [-0.25, -0.2) is 4.98 Å². The Morgan fingerprint density at radius 1 is 1.04 bits per heavy atom. The number of hydrogen-bond donors (Lipinski definition) is 1. The number of nitrogens with zero attached hydrogens (tertiary/aromatic N) is 4. The molecule has 2 fully saturated rings. The van der Waals surface area contributed by atoms with Crippen molar-refractivity contribution in [3.8, 4) is 0 Å². The molecule has 2 saturated heterocycles. The lowest BCUT2D eigenvalue weighted by Gasteiger charge is -2.37. The van der Waals surface area contributed by atoms with E-state index in [4.69, 9.17) is 4.74 Å². The van der Waals surface area contributed by atoms with E-state index in [1.807, 2.05) is 13.0 Å². The van der Waals surface area contributed by atoms with Gasteiger partial charge in [-0.05, 0) is 19.1 Å². The van der Waals surface area contributed by atoms with E-state index >= 15 is 0 Å². The maximum atomic E-state index is 10.3. The average Bonchev–Trinajstić information content (AvgIpc) is 2.56. The SMILES string of the molecule is Cc1cccc(N2CCN(CC(O)CN3CCOCC3)CC2)n1. The Hall–Kier alpha value is -1.21. The molecule has 0 amide bonds. The normalized spacial score (nSPS) is 22.3. The van der Waals surface area contributed by atoms with Crippen LogP contribution >= 0.6 is 0 Å². The lowest BCUT2D eigenvalue weighted by atomic mass is 10.2. The van der Waals surface area contributed by atoms with Crippen LogP contribution in [0.1, 0.15) is 5.69 Å². The molecule has 0 radical (unpaired) electrons. The van der Waals surface area contributed by atoms with E-state index in [1.165, 1.54) is 0 Å². The Morgan fingerprint density at radius 3 is 2.35 bits per heavy atom. The topological polar surface area (TPSA) is 52.1 Å². The van der Waals surface area contributed by atoms with Crippen LogP contribution in [0.3, 0.4) is 0 Å². The molecule has 2 aliphatic heterocycles. The monoisotopic (exact) mass is 320 g/mol. The number of aryl methyl sites for hydroxylation is 1. The number of piperazine rings is 1. The van der Waals surface area contributed by atoms with Crippen molar-refractivity contribution < 1.29 is 9.84 Å². The first-order valence-electron chi connectivity index (χ1n) is 8.60. The van der Waals surface area contributed by atoms with Crippen LogP contribution in [0, 0.1) is 6.92 Å². The van der Waals surface area contributed by atoms with Crippen molar-refractivity contribution >= 4 is 5.82 Å². The summed E-state index contributed by atoms with van der Waals surface area (Å²) in [6.45, 7) is 10.9. The predicted octanol–water partition coefficient (Wildman–Crippen LogP) is 0.205. The molecule has 0 spiro atoms. The number of β-amino-alcohol motifs (C(OH)–C–C–N with tert-alkyl or cyclic N) is 1. The minimum Gasteiger partial charge on any atom is -0.390 e. The first-order valence-corrected chi connectivity index (χ1v) is 8.60. The van der Waals surface area contributed by atoms with E-state index in [-0.39, 0.29) is 6.10 Å². The highest BCUT2D eigenvalue weighted by atomic mass is 16.5. The smallest absolute Gasteiger partial charge is 0.128 e. The Labute approximate surface area is 138 Å². The van der Waals surface area contributed by atoms with E-state index < -0.39 is 0 Å². The maximum absolute atomic E-state index is 10.3. The second kappa shape index (κ2) is 8.06. The molecule has 1 aromatic rings. The first kappa shape index (κ1) is 16.6. The molecule has 2 aliphatic rings. The van der Waals surface area contributed by atoms with Gasteiger partial charge in [-0.1, -0.05) is 6.07 Å². The molecule has 23 heavy (non-hydrogen) atoms. The number of rotatable bonds is 5. The molecule has 1 N–H and O–H groups in total. The molecule has 0 aromatic carbocycles. The standard InChI is InChI=1S/C17H28N4O2/c1-15-3-2-4-17(18-15)21-7-5-19(6-8-21)13-16(22)14-20-9-11-23-12-10-20/h2-4,16,22H,5-14H2,1H3. The van der Waals surface area contributed by atoms with Crippen LogP contribution in [-0.2, 0) is 4.74 Å². The fourth-order valence-electron chi connectivity index (χ4n) is 3.30. The van der Waals surface area contributed by atoms with Gasteiger partial charge in [0.2, 0.25) is 0 Å². The zero-order valence-corrected chi connectivity index (χ0v) is 14.0. The lowest BCUT2D eigenvalue weighted by Crippen LogP contribution is -2.51. The number of aromatic nitrogens is 1. The van der Waals surface area contributed by atoms with Gasteiger partial charge in [0.1, 0.15) is 5.82 Å². The largest absolute Gasteiger partial charge is 0.390 e. The molecule has 0 aliphatic carbocycles. The van der Waals surface area contributed by atoms with Gasteiger partial charge >= 0.3 is 0 Å². The van der Waals surface area contributed by atoms with Crippen molar-refractivity contribution in [2.24, 2.45) is 0 Å². The van der Waals surface area contributed by atoms with Gasteiger partial charge in [0.05, 0.1) is 19.3 Å². The molecule has 0 saturated carbocycles. The predicted molar refractivity (Wildman–Crippen MR) is 90.9 cm³/mol. The molecule has 1 atom stereocenters. The van der Waals surface area contributed by atoms with Crippen molar-refractivity contribution in [2.45, 2.75) is 13.0 Å². The minimum atomic E-state index is -0.281. The summed E-state index contributed by atoms with van der Waals surface area (Å²) in [6, 6.07) is 6.17. The summed E-state index contributed by atoms with van der Waals surface area (Å²) < 4.78 is 5.35. The second-order valence-electron chi connectivity index (χ2n) is 6.49. The van der Waals surface area contributed by atoms with Crippen LogP contribution in [-0.4, -0.2) is 91.6 Å². The number of morpholine rings is 1. The summed E-state index contributed by atoms with van der Waals surface area (Å²) in [7, 11) is 0. The minimum absolute atomic E-state index is 0.281. The van der Waals surface area contributed by atoms with E-state index in [1.54, 1.807) is 0 Å². The summed E-state index contributed by atoms with van der Waals surface area (Å²) in [5.74, 6) is 1.07. The number of ether oxygens (including phenoxy) is 1. The number of aliphatic hydroxyl groups is 1. The van der Waals surface area contributed by atoms with E-state index in [9.17, 15) is 5.11 Å². The summed E-state index contributed by atoms with van der Waals surface area (Å²) in [5.41, 5.74) is 1.06. The van der Waals surface area contributed by atoms with Crippen molar-refractivity contribution in [3.05, 3.63) is 23.9 Å². The molecule has 1 aromatic heterocycles.